The summed E-state index contributed by atoms with van der Waals surface area (Å²) in [7, 11) is 1.46. The van der Waals surface area contributed by atoms with Crippen LogP contribution in [0.5, 0.6) is 17.2 Å². The van der Waals surface area contributed by atoms with Crippen molar-refractivity contribution in [3.63, 3.8) is 0 Å². The van der Waals surface area contributed by atoms with Gasteiger partial charge >= 0.3 is 0 Å². The molecule has 0 bridgehead atoms. The van der Waals surface area contributed by atoms with Crippen molar-refractivity contribution in [2.24, 2.45) is 0 Å². The van der Waals surface area contributed by atoms with E-state index >= 15 is 0 Å². The van der Waals surface area contributed by atoms with Crippen molar-refractivity contribution < 1.29 is 14.6 Å². The summed E-state index contributed by atoms with van der Waals surface area (Å²) in [6.45, 7) is 3.74. The molecule has 1 heterocycles. The highest BCUT2D eigenvalue weighted by Gasteiger charge is 2.14. The molecule has 94 valence electrons. The quantitative estimate of drug-likeness (QED) is 0.808. The lowest BCUT2D eigenvalue weighted by molar-refractivity contribution is 0.324. The van der Waals surface area contributed by atoms with E-state index in [9.17, 15) is 9.90 Å². The summed E-state index contributed by atoms with van der Waals surface area (Å²) in [6.07, 6.45) is 1.54. The predicted molar refractivity (Wildman–Crippen MR) is 68.5 cm³/mol. The lowest BCUT2D eigenvalue weighted by Crippen LogP contribution is -2.13. The number of phenols is 1. The molecule has 0 spiro atoms. The highest BCUT2D eigenvalue weighted by Crippen LogP contribution is 2.32. The molecule has 2 aromatic rings. The van der Waals surface area contributed by atoms with Crippen molar-refractivity contribution in [2.45, 2.75) is 0 Å². The van der Waals surface area contributed by atoms with Crippen LogP contribution >= 0.6 is 0 Å². The molecule has 0 saturated carbocycles. The normalized spacial score (nSPS) is 10.3. The van der Waals surface area contributed by atoms with Gasteiger partial charge in [0.25, 0.3) is 5.56 Å². The van der Waals surface area contributed by atoms with Gasteiger partial charge in [0.15, 0.2) is 5.75 Å². The molecule has 1 aromatic carbocycles. The van der Waals surface area contributed by atoms with E-state index in [1.54, 1.807) is 12.1 Å². The van der Waals surface area contributed by atoms with Crippen molar-refractivity contribution in [2.75, 3.05) is 13.7 Å². The van der Waals surface area contributed by atoms with Crippen molar-refractivity contribution in [3.05, 3.63) is 41.2 Å². The lowest BCUT2D eigenvalue weighted by Gasteiger charge is -2.11. The number of phenolic OH excluding ortho intramolecular Hbond substituents is 1. The smallest absolute Gasteiger partial charge is 0.294 e. The van der Waals surface area contributed by atoms with Crippen LogP contribution in [0.1, 0.15) is 0 Å². The summed E-state index contributed by atoms with van der Waals surface area (Å²) in [5.74, 6) is 0.520. The first-order valence-corrected chi connectivity index (χ1v) is 5.34. The Morgan fingerprint density at radius 1 is 1.44 bits per heavy atom. The van der Waals surface area contributed by atoms with Gasteiger partial charge in [0.05, 0.1) is 12.6 Å². The van der Waals surface area contributed by atoms with E-state index in [-0.39, 0.29) is 18.1 Å². The average Bonchev–Trinajstić information content (AvgIpc) is 2.35. The van der Waals surface area contributed by atoms with E-state index in [2.05, 4.69) is 11.6 Å². The van der Waals surface area contributed by atoms with E-state index in [1.807, 2.05) is 0 Å². The van der Waals surface area contributed by atoms with Crippen LogP contribution in [-0.2, 0) is 0 Å². The first-order chi connectivity index (χ1) is 8.67. The molecular weight excluding hydrogens is 234 g/mol. The Labute approximate surface area is 103 Å². The number of aromatic amines is 1. The summed E-state index contributed by atoms with van der Waals surface area (Å²) in [5.41, 5.74) is 0.0783. The van der Waals surface area contributed by atoms with Gasteiger partial charge in [0, 0.05) is 11.5 Å². The summed E-state index contributed by atoms with van der Waals surface area (Å²) in [5, 5.41) is 10.0. The fourth-order valence-corrected chi connectivity index (χ4v) is 1.71. The number of hydrogen-bond acceptors (Lipinski definition) is 4. The van der Waals surface area contributed by atoms with Gasteiger partial charge in [0.2, 0.25) is 5.75 Å². The van der Waals surface area contributed by atoms with Gasteiger partial charge in [-0.15, -0.1) is 0 Å². The van der Waals surface area contributed by atoms with Gasteiger partial charge in [-0.25, -0.2) is 0 Å². The minimum atomic E-state index is -0.410. The highest BCUT2D eigenvalue weighted by atomic mass is 16.5. The number of methoxy groups -OCH3 is 1. The largest absolute Gasteiger partial charge is 0.508 e. The molecule has 0 aliphatic heterocycles. The number of aromatic nitrogens is 1. The summed E-state index contributed by atoms with van der Waals surface area (Å²) in [4.78, 5) is 14.5. The van der Waals surface area contributed by atoms with Gasteiger partial charge in [-0.3, -0.25) is 4.79 Å². The minimum absolute atomic E-state index is 0.0694. The number of aromatic hydroxyl groups is 1. The van der Waals surface area contributed by atoms with Crippen molar-refractivity contribution in [3.8, 4) is 17.2 Å². The number of rotatable bonds is 4. The van der Waals surface area contributed by atoms with E-state index in [0.29, 0.717) is 16.7 Å². The lowest BCUT2D eigenvalue weighted by atomic mass is 10.2. The number of hydrogen-bond donors (Lipinski definition) is 2. The molecule has 18 heavy (non-hydrogen) atoms. The second-order valence-corrected chi connectivity index (χ2v) is 3.65. The third-order valence-electron chi connectivity index (χ3n) is 2.46. The Balaban J connectivity index is 2.71. The van der Waals surface area contributed by atoms with Gasteiger partial charge in [0.1, 0.15) is 12.4 Å². The number of nitrogens with one attached hydrogen (secondary N) is 1. The topological polar surface area (TPSA) is 71.5 Å². The standard InChI is InChI=1S/C13H13NO4/c1-3-6-18-12-11(17-2)9-5-4-8(15)7-10(9)14-13(12)16/h3-5,7,15H,1,6H2,2H3,(H,14,16). The monoisotopic (exact) mass is 247 g/mol. The molecule has 1 aromatic heterocycles. The van der Waals surface area contributed by atoms with E-state index in [0.717, 1.165) is 0 Å². The number of H-pyrrole nitrogens is 1. The third-order valence-corrected chi connectivity index (χ3v) is 2.46. The summed E-state index contributed by atoms with van der Waals surface area (Å²) < 4.78 is 10.5. The van der Waals surface area contributed by atoms with E-state index in [4.69, 9.17) is 9.47 Å². The van der Waals surface area contributed by atoms with Crippen LogP contribution in [0.15, 0.2) is 35.6 Å². The van der Waals surface area contributed by atoms with Crippen molar-refractivity contribution in [1.82, 2.24) is 4.98 Å². The van der Waals surface area contributed by atoms with Crippen LogP contribution < -0.4 is 15.0 Å². The summed E-state index contributed by atoms with van der Waals surface area (Å²) in [6, 6.07) is 4.62. The second kappa shape index (κ2) is 4.83. The molecule has 0 unspecified atom stereocenters. The maximum atomic E-state index is 11.9. The number of fused-ring (bicyclic) bond motifs is 1. The van der Waals surface area contributed by atoms with Gasteiger partial charge in [-0.05, 0) is 12.1 Å². The average molecular weight is 247 g/mol. The Morgan fingerprint density at radius 2 is 2.22 bits per heavy atom. The molecule has 0 radical (unpaired) electrons. The van der Waals surface area contributed by atoms with Crippen molar-refractivity contribution >= 4 is 10.9 Å². The molecular formula is C13H13NO4. The van der Waals surface area contributed by atoms with Gasteiger partial charge < -0.3 is 19.6 Å². The maximum Gasteiger partial charge on any atom is 0.294 e. The molecule has 0 saturated heterocycles. The maximum absolute atomic E-state index is 11.9. The van der Waals surface area contributed by atoms with Crippen LogP contribution in [0.3, 0.4) is 0 Å². The Kier molecular flexibility index (Phi) is 3.23. The summed E-state index contributed by atoms with van der Waals surface area (Å²) >= 11 is 0. The van der Waals surface area contributed by atoms with Gasteiger partial charge in [-0.1, -0.05) is 12.7 Å². The fraction of sp³-hybridized carbons (Fsp3) is 0.154. The first kappa shape index (κ1) is 12.0. The predicted octanol–water partition coefficient (Wildman–Crippen LogP) is 1.81. The first-order valence-electron chi connectivity index (χ1n) is 5.34. The molecule has 0 aliphatic carbocycles. The second-order valence-electron chi connectivity index (χ2n) is 3.65. The molecule has 0 fully saturated rings. The zero-order valence-corrected chi connectivity index (χ0v) is 9.90. The molecule has 2 rings (SSSR count). The highest BCUT2D eigenvalue weighted by molar-refractivity contribution is 5.88. The van der Waals surface area contributed by atoms with Crippen LogP contribution in [0, 0.1) is 0 Å². The molecule has 0 aliphatic rings. The SMILES string of the molecule is C=CCOc1c(OC)c2ccc(O)cc2[nH]c1=O. The molecule has 0 amide bonds. The Hall–Kier alpha value is -2.43. The Bertz CT molecular complexity index is 645. The minimum Gasteiger partial charge on any atom is -0.508 e. The number of ether oxygens (including phenoxy) is 2. The van der Waals surface area contributed by atoms with Crippen LogP contribution in [0.25, 0.3) is 10.9 Å². The molecule has 0 atom stereocenters. The van der Waals surface area contributed by atoms with Crippen molar-refractivity contribution in [1.29, 1.82) is 0 Å². The number of pyridine rings is 1. The Morgan fingerprint density at radius 3 is 2.89 bits per heavy atom. The fourth-order valence-electron chi connectivity index (χ4n) is 1.71. The zero-order valence-electron chi connectivity index (χ0n) is 9.90. The zero-order chi connectivity index (χ0) is 13.1. The van der Waals surface area contributed by atoms with E-state index in [1.165, 1.54) is 19.2 Å². The number of benzene rings is 1. The van der Waals surface area contributed by atoms with Gasteiger partial charge in [-0.2, -0.15) is 0 Å². The molecule has 5 heteroatoms. The molecule has 5 nitrogen and oxygen atoms in total. The third kappa shape index (κ3) is 2.02. The van der Waals surface area contributed by atoms with E-state index < -0.39 is 5.56 Å². The van der Waals surface area contributed by atoms with Crippen LogP contribution in [0.4, 0.5) is 0 Å². The van der Waals surface area contributed by atoms with Crippen LogP contribution in [-0.4, -0.2) is 23.8 Å². The molecule has 2 N–H and O–H groups in total. The van der Waals surface area contributed by atoms with Crippen LogP contribution in [0.2, 0.25) is 0 Å².